The van der Waals surface area contributed by atoms with Crippen molar-refractivity contribution < 1.29 is 22.7 Å². The summed E-state index contributed by atoms with van der Waals surface area (Å²) >= 11 is 0.970. The van der Waals surface area contributed by atoms with Crippen LogP contribution in [0.4, 0.5) is 18.9 Å². The number of alkyl halides is 1. The molecule has 0 spiro atoms. The predicted octanol–water partition coefficient (Wildman–Crippen LogP) is 3.76. The summed E-state index contributed by atoms with van der Waals surface area (Å²) in [6, 6.07) is 1.87. The van der Waals surface area contributed by atoms with Crippen molar-refractivity contribution in [3.63, 3.8) is 0 Å². The van der Waals surface area contributed by atoms with Gasteiger partial charge in [-0.2, -0.15) is 5.10 Å². The Bertz CT molecular complexity index is 1080. The van der Waals surface area contributed by atoms with Gasteiger partial charge in [0.1, 0.15) is 28.5 Å². The van der Waals surface area contributed by atoms with Crippen molar-refractivity contribution in [2.45, 2.75) is 44.5 Å². The molecule has 1 aromatic carbocycles. The summed E-state index contributed by atoms with van der Waals surface area (Å²) in [6.07, 6.45) is 1.43. The van der Waals surface area contributed by atoms with Crippen LogP contribution in [0, 0.1) is 18.6 Å². The van der Waals surface area contributed by atoms with Crippen molar-refractivity contribution in [3.8, 4) is 10.6 Å². The first-order valence-corrected chi connectivity index (χ1v) is 11.0. The lowest BCUT2D eigenvalue weighted by Gasteiger charge is -2.15. The zero-order valence-corrected chi connectivity index (χ0v) is 18.0. The highest BCUT2D eigenvalue weighted by Crippen LogP contribution is 2.30. The molecule has 0 bridgehead atoms. The molecule has 0 radical (unpaired) electrons. The van der Waals surface area contributed by atoms with E-state index in [1.165, 1.54) is 23.7 Å². The molecule has 3 atom stereocenters. The fourth-order valence-electron chi connectivity index (χ4n) is 3.54. The number of anilines is 1. The number of rotatable bonds is 5. The summed E-state index contributed by atoms with van der Waals surface area (Å²) in [6.45, 7) is 1.51. The standard InChI is InChI=1S/C21H22F3N5O2S/c1-10-4-12(22)19(13(23)5-10)21-28-18(9-32-21)20(30)27-17-7-26-29-16(17)6-11-2-3-15(25)14(24)8-31-11/h4-5,7,9,11,14-15H,2-3,6,8,25H2,1H3,(H,26,29)(H,27,30)/t11-,14+,15+/m0/s1. The number of nitrogens with one attached hydrogen (secondary N) is 2. The van der Waals surface area contributed by atoms with Gasteiger partial charge in [0.15, 0.2) is 0 Å². The van der Waals surface area contributed by atoms with E-state index in [4.69, 9.17) is 10.5 Å². The molecule has 4 rings (SSSR count). The molecule has 170 valence electrons. The van der Waals surface area contributed by atoms with Gasteiger partial charge in [0, 0.05) is 17.8 Å². The number of aromatic amines is 1. The number of benzene rings is 1. The van der Waals surface area contributed by atoms with Gasteiger partial charge in [0.2, 0.25) is 0 Å². The Labute approximate surface area is 186 Å². The molecule has 1 aliphatic rings. The second kappa shape index (κ2) is 9.39. The number of halogens is 3. The number of nitrogens with two attached hydrogens (primary N) is 1. The lowest BCUT2D eigenvalue weighted by molar-refractivity contribution is 0.0295. The number of thiazole rings is 1. The zero-order chi connectivity index (χ0) is 22.8. The summed E-state index contributed by atoms with van der Waals surface area (Å²) in [5.74, 6) is -2.02. The summed E-state index contributed by atoms with van der Waals surface area (Å²) in [7, 11) is 0. The Morgan fingerprint density at radius 3 is 2.84 bits per heavy atom. The predicted molar refractivity (Wildman–Crippen MR) is 114 cm³/mol. The van der Waals surface area contributed by atoms with E-state index in [0.717, 1.165) is 11.3 Å². The molecule has 4 N–H and O–H groups in total. The molecule has 2 aromatic heterocycles. The van der Waals surface area contributed by atoms with Gasteiger partial charge in [-0.25, -0.2) is 18.2 Å². The average Bonchev–Trinajstić information content (AvgIpc) is 3.35. The molecule has 0 saturated carbocycles. The van der Waals surface area contributed by atoms with Gasteiger partial charge in [-0.05, 0) is 37.5 Å². The molecule has 3 heterocycles. The molecule has 32 heavy (non-hydrogen) atoms. The van der Waals surface area contributed by atoms with Crippen LogP contribution in [0.5, 0.6) is 0 Å². The molecular weight excluding hydrogens is 443 g/mol. The number of aromatic nitrogens is 3. The highest BCUT2D eigenvalue weighted by Gasteiger charge is 2.26. The van der Waals surface area contributed by atoms with Crippen molar-refractivity contribution in [2.24, 2.45) is 5.73 Å². The van der Waals surface area contributed by atoms with E-state index in [1.54, 1.807) is 6.92 Å². The minimum atomic E-state index is -1.21. The maximum absolute atomic E-state index is 14.2. The van der Waals surface area contributed by atoms with Crippen LogP contribution >= 0.6 is 11.3 Å². The quantitative estimate of drug-likeness (QED) is 0.532. The van der Waals surface area contributed by atoms with E-state index < -0.39 is 29.8 Å². The zero-order valence-electron chi connectivity index (χ0n) is 17.2. The summed E-state index contributed by atoms with van der Waals surface area (Å²) in [5, 5.41) is 11.0. The normalized spacial score (nSPS) is 21.3. The van der Waals surface area contributed by atoms with Gasteiger partial charge in [-0.15, -0.1) is 11.3 Å². The lowest BCUT2D eigenvalue weighted by atomic mass is 10.0. The number of ether oxygens (including phenoxy) is 1. The number of amides is 1. The maximum Gasteiger partial charge on any atom is 0.275 e. The van der Waals surface area contributed by atoms with Gasteiger partial charge in [-0.1, -0.05) is 0 Å². The third-order valence-electron chi connectivity index (χ3n) is 5.31. The molecule has 0 unspecified atom stereocenters. The molecule has 1 saturated heterocycles. The van der Waals surface area contributed by atoms with Crippen LogP contribution in [0.2, 0.25) is 0 Å². The average molecular weight is 466 g/mol. The Morgan fingerprint density at radius 1 is 1.34 bits per heavy atom. The Kier molecular flexibility index (Phi) is 6.58. The molecule has 7 nitrogen and oxygen atoms in total. The minimum absolute atomic E-state index is 0.0217. The van der Waals surface area contributed by atoms with E-state index in [1.807, 2.05) is 0 Å². The van der Waals surface area contributed by atoms with Crippen LogP contribution in [0.15, 0.2) is 23.7 Å². The Hall–Kier alpha value is -2.76. The van der Waals surface area contributed by atoms with Gasteiger partial charge >= 0.3 is 0 Å². The van der Waals surface area contributed by atoms with Gasteiger partial charge in [0.25, 0.3) is 5.91 Å². The van der Waals surface area contributed by atoms with Crippen LogP contribution in [0.3, 0.4) is 0 Å². The highest BCUT2D eigenvalue weighted by atomic mass is 32.1. The third-order valence-corrected chi connectivity index (χ3v) is 6.17. The van der Waals surface area contributed by atoms with Crippen molar-refractivity contribution in [3.05, 3.63) is 52.3 Å². The fourth-order valence-corrected chi connectivity index (χ4v) is 4.39. The lowest BCUT2D eigenvalue weighted by Crippen LogP contribution is -2.32. The van der Waals surface area contributed by atoms with Crippen molar-refractivity contribution >= 4 is 22.9 Å². The van der Waals surface area contributed by atoms with Gasteiger partial charge in [-0.3, -0.25) is 9.89 Å². The van der Waals surface area contributed by atoms with E-state index in [-0.39, 0.29) is 29.0 Å². The number of H-pyrrole nitrogens is 1. The third kappa shape index (κ3) is 4.84. The van der Waals surface area contributed by atoms with Gasteiger partial charge < -0.3 is 15.8 Å². The Balaban J connectivity index is 1.46. The van der Waals surface area contributed by atoms with E-state index in [9.17, 15) is 18.0 Å². The number of carbonyl (C=O) groups is 1. The molecule has 1 amide bonds. The first-order chi connectivity index (χ1) is 15.3. The number of hydrogen-bond acceptors (Lipinski definition) is 6. The molecule has 11 heteroatoms. The van der Waals surface area contributed by atoms with Gasteiger partial charge in [0.05, 0.1) is 35.9 Å². The molecule has 0 aliphatic carbocycles. The smallest absolute Gasteiger partial charge is 0.275 e. The van der Waals surface area contributed by atoms with Crippen molar-refractivity contribution in [2.75, 3.05) is 11.9 Å². The molecule has 1 fully saturated rings. The van der Waals surface area contributed by atoms with Crippen LogP contribution in [-0.2, 0) is 11.2 Å². The van der Waals surface area contributed by atoms with E-state index in [0.29, 0.717) is 36.2 Å². The number of nitrogens with zero attached hydrogens (tertiary/aromatic N) is 2. The first kappa shape index (κ1) is 22.4. The van der Waals surface area contributed by atoms with Crippen LogP contribution in [-0.4, -0.2) is 46.0 Å². The van der Waals surface area contributed by atoms with E-state index >= 15 is 0 Å². The van der Waals surface area contributed by atoms with Crippen molar-refractivity contribution in [1.82, 2.24) is 15.2 Å². The van der Waals surface area contributed by atoms with Crippen LogP contribution < -0.4 is 11.1 Å². The topological polar surface area (TPSA) is 106 Å². The minimum Gasteiger partial charge on any atom is -0.375 e. The summed E-state index contributed by atoms with van der Waals surface area (Å²) in [5.41, 5.74) is 7.00. The van der Waals surface area contributed by atoms with Crippen molar-refractivity contribution in [1.29, 1.82) is 0 Å². The molecule has 1 aliphatic heterocycles. The first-order valence-electron chi connectivity index (χ1n) is 10.1. The second-order valence-electron chi connectivity index (χ2n) is 7.77. The fraction of sp³-hybridized carbons (Fsp3) is 0.381. The van der Waals surface area contributed by atoms with Crippen LogP contribution in [0.1, 0.15) is 34.6 Å². The largest absolute Gasteiger partial charge is 0.375 e. The summed E-state index contributed by atoms with van der Waals surface area (Å²) in [4.78, 5) is 16.8. The molecule has 3 aromatic rings. The highest BCUT2D eigenvalue weighted by molar-refractivity contribution is 7.13. The number of aryl methyl sites for hydroxylation is 1. The maximum atomic E-state index is 14.2. The summed E-state index contributed by atoms with van der Waals surface area (Å²) < 4.78 is 47.8. The van der Waals surface area contributed by atoms with E-state index in [2.05, 4.69) is 20.5 Å². The second-order valence-corrected chi connectivity index (χ2v) is 8.63. The SMILES string of the molecule is Cc1cc(F)c(-c2nc(C(=O)Nc3cn[nH]c3C[C@@H]3CC[C@@H](N)[C@H](F)CO3)cs2)c(F)c1. The number of hydrogen-bond donors (Lipinski definition) is 3. The molecular formula is C21H22F3N5O2S. The number of carbonyl (C=O) groups excluding carboxylic acids is 1. The Morgan fingerprint density at radius 2 is 2.09 bits per heavy atom. The monoisotopic (exact) mass is 465 g/mol. The van der Waals surface area contributed by atoms with Crippen LogP contribution in [0.25, 0.3) is 10.6 Å².